The van der Waals surface area contributed by atoms with Gasteiger partial charge in [0.2, 0.25) is 0 Å². The van der Waals surface area contributed by atoms with Crippen LogP contribution in [-0.2, 0) is 31.3 Å². The zero-order valence-electron chi connectivity index (χ0n) is 26.7. The van der Waals surface area contributed by atoms with E-state index in [1.807, 2.05) is 0 Å². The van der Waals surface area contributed by atoms with E-state index in [4.69, 9.17) is 18.9 Å². The van der Waals surface area contributed by atoms with Gasteiger partial charge in [0, 0.05) is 57.7 Å². The van der Waals surface area contributed by atoms with Crippen LogP contribution in [0, 0.1) is 46.9 Å². The van der Waals surface area contributed by atoms with Crippen molar-refractivity contribution in [2.45, 2.75) is 63.7 Å². The smallest absolute Gasteiger partial charge is 0.574 e. The van der Waals surface area contributed by atoms with E-state index >= 15 is 0 Å². The molecule has 0 N–H and O–H groups in total. The number of thiophene rings is 2. The van der Waals surface area contributed by atoms with Crippen molar-refractivity contribution in [3.63, 3.8) is 0 Å². The first-order valence-electron chi connectivity index (χ1n) is 15.7. The van der Waals surface area contributed by atoms with Crippen molar-refractivity contribution in [1.82, 2.24) is 20.4 Å². The van der Waals surface area contributed by atoms with E-state index in [0.29, 0.717) is 9.75 Å². The quantitative estimate of drug-likeness (QED) is 0.185. The van der Waals surface area contributed by atoms with E-state index in [1.54, 1.807) is 35.0 Å². The molecule has 4 aliphatic heterocycles. The van der Waals surface area contributed by atoms with Gasteiger partial charge in [0.15, 0.2) is 0 Å². The van der Waals surface area contributed by atoms with E-state index in [1.165, 1.54) is 74.0 Å². The van der Waals surface area contributed by atoms with Gasteiger partial charge in [-0.2, -0.15) is 26.3 Å². The van der Waals surface area contributed by atoms with Crippen LogP contribution in [0.25, 0.3) is 21.1 Å². The van der Waals surface area contributed by atoms with Crippen LogP contribution >= 0.6 is 22.7 Å². The van der Waals surface area contributed by atoms with Gasteiger partial charge in [0.1, 0.15) is 5.69 Å². The third-order valence-corrected chi connectivity index (χ3v) is 8.30. The van der Waals surface area contributed by atoms with Crippen molar-refractivity contribution in [3.8, 4) is 21.1 Å². The van der Waals surface area contributed by atoms with E-state index in [2.05, 4.69) is 20.4 Å². The Balaban J connectivity index is 0.000000219. The summed E-state index contributed by atoms with van der Waals surface area (Å²) in [5.41, 5.74) is -1.35. The summed E-state index contributed by atoms with van der Waals surface area (Å²) in [4.78, 5) is 1.38. The molecule has 4 fully saturated rings. The average molecular weight is 896 g/mol. The minimum atomic E-state index is -4.41. The summed E-state index contributed by atoms with van der Waals surface area (Å²) in [6.07, 6.45) is 1.39. The van der Waals surface area contributed by atoms with Gasteiger partial charge < -0.3 is 39.3 Å². The number of aromatic nitrogens is 4. The van der Waals surface area contributed by atoms with Gasteiger partial charge in [-0.25, -0.2) is 0 Å². The first-order chi connectivity index (χ1) is 23.1. The van der Waals surface area contributed by atoms with Crippen molar-refractivity contribution in [3.05, 3.63) is 58.5 Å². The minimum absolute atomic E-state index is 0. The summed E-state index contributed by atoms with van der Waals surface area (Å²) in [6.45, 7) is 8.00. The normalized spacial score (nSPS) is 16.6. The van der Waals surface area contributed by atoms with Crippen LogP contribution in [0.2, 0.25) is 0 Å². The number of alkyl halides is 6. The van der Waals surface area contributed by atoms with Crippen LogP contribution in [0.15, 0.2) is 47.2 Å². The summed E-state index contributed by atoms with van der Waals surface area (Å²) in [6, 6.07) is 8.81. The largest absolute Gasteiger partial charge is 2.00 e. The monoisotopic (exact) mass is 896 g/mol. The SMILES string of the molecule is C1CCOC1.C1CCOC1.C1CCOC1.C1CCOC1.FC(F)(F)c1cc(-c2cccs2)[n-]n1.FC(F)(F)c1cc(-c2cccs2)n[n-]1.[Yb+2]. The Morgan fingerprint density at radius 1 is 0.551 bits per heavy atom. The first-order valence-corrected chi connectivity index (χ1v) is 17.4. The minimum Gasteiger partial charge on any atom is -0.574 e. The predicted octanol–water partition coefficient (Wildman–Crippen LogP) is 8.76. The Bertz CT molecular complexity index is 1180. The zero-order valence-corrected chi connectivity index (χ0v) is 30.1. The molecule has 0 saturated carbocycles. The second-order valence-electron chi connectivity index (χ2n) is 10.5. The number of rotatable bonds is 2. The molecule has 8 nitrogen and oxygen atoms in total. The maximum atomic E-state index is 12.1. The second-order valence-corrected chi connectivity index (χ2v) is 12.4. The molecule has 0 amide bonds. The molecule has 0 unspecified atom stereocenters. The summed E-state index contributed by atoms with van der Waals surface area (Å²) in [5.74, 6) is 0. The van der Waals surface area contributed by atoms with E-state index in [-0.39, 0.29) is 58.3 Å². The number of hydrogen-bond acceptors (Lipinski definition) is 8. The standard InChI is InChI=1S/2C8H4F3N2S.4C4H8O.Yb/c2*9-8(10,11)7-4-5(12-13-7)6-2-1-3-14-6;4*1-2-4-5-3-1;/h2*1-4H;4*1-4H2;/q2*-1;;;;;+2. The number of nitrogens with zero attached hydrogens (tertiary/aromatic N) is 4. The van der Waals surface area contributed by atoms with Gasteiger partial charge in [-0.1, -0.05) is 12.1 Å². The molecule has 0 spiro atoms. The molecule has 17 heteroatoms. The first kappa shape index (κ1) is 43.9. The van der Waals surface area contributed by atoms with Gasteiger partial charge in [0.25, 0.3) is 0 Å². The van der Waals surface area contributed by atoms with Crippen LogP contribution in [0.1, 0.15) is 62.8 Å². The molecule has 8 rings (SSSR count). The van der Waals surface area contributed by atoms with E-state index in [9.17, 15) is 26.3 Å². The number of halogens is 6. The second kappa shape index (κ2) is 24.9. The van der Waals surface area contributed by atoms with Crippen molar-refractivity contribution >= 4 is 22.7 Å². The molecule has 0 bridgehead atoms. The number of ether oxygens (including phenoxy) is 4. The van der Waals surface area contributed by atoms with E-state index < -0.39 is 23.7 Å². The average Bonchev–Trinajstić information content (AvgIpc) is 3.95. The summed E-state index contributed by atoms with van der Waals surface area (Å²) < 4.78 is 92.6. The van der Waals surface area contributed by atoms with Crippen molar-refractivity contribution in [2.24, 2.45) is 0 Å². The summed E-state index contributed by atoms with van der Waals surface area (Å²) in [5, 5.41) is 16.6. The maximum Gasteiger partial charge on any atom is 2.00 e. The fourth-order valence-electron chi connectivity index (χ4n) is 4.00. The molecule has 4 aromatic heterocycles. The van der Waals surface area contributed by atoms with Crippen LogP contribution in [0.4, 0.5) is 26.3 Å². The van der Waals surface area contributed by atoms with Gasteiger partial charge in [-0.3, -0.25) is 0 Å². The molecule has 4 aliphatic rings. The molecule has 4 aromatic rings. The Morgan fingerprint density at radius 2 is 0.980 bits per heavy atom. The van der Waals surface area contributed by atoms with Gasteiger partial charge in [0.05, 0.1) is 10.6 Å². The van der Waals surface area contributed by atoms with Crippen molar-refractivity contribution < 1.29 is 92.2 Å². The Morgan fingerprint density at radius 3 is 1.27 bits per heavy atom. The zero-order chi connectivity index (χ0) is 34.5. The Labute approximate surface area is 328 Å². The topological polar surface area (TPSA) is 90.9 Å². The van der Waals surface area contributed by atoms with E-state index in [0.717, 1.165) is 65.0 Å². The predicted molar refractivity (Wildman–Crippen MR) is 172 cm³/mol. The fourth-order valence-corrected chi connectivity index (χ4v) is 5.36. The maximum absolute atomic E-state index is 12.1. The Hall–Kier alpha value is -1.24. The molecule has 0 radical (unpaired) electrons. The third-order valence-electron chi connectivity index (χ3n) is 6.52. The number of hydrogen-bond donors (Lipinski definition) is 0. The molecule has 4 saturated heterocycles. The summed E-state index contributed by atoms with van der Waals surface area (Å²) in [7, 11) is 0. The Kier molecular flexibility index (Phi) is 22.3. The molecule has 0 atom stereocenters. The van der Waals surface area contributed by atoms with Gasteiger partial charge in [-0.15, -0.1) is 28.4 Å². The van der Waals surface area contributed by atoms with Crippen LogP contribution in [0.3, 0.4) is 0 Å². The molecule has 49 heavy (non-hydrogen) atoms. The van der Waals surface area contributed by atoms with Crippen LogP contribution < -0.4 is 10.2 Å². The molecular weight excluding hydrogens is 856 g/mol. The van der Waals surface area contributed by atoms with Gasteiger partial charge >= 0.3 is 59.3 Å². The van der Waals surface area contributed by atoms with Crippen molar-refractivity contribution in [2.75, 3.05) is 52.9 Å². The molecule has 0 aliphatic carbocycles. The van der Waals surface area contributed by atoms with Crippen LogP contribution in [0.5, 0.6) is 0 Å². The van der Waals surface area contributed by atoms with Gasteiger partial charge in [-0.05, 0) is 92.1 Å². The summed E-state index contributed by atoms with van der Waals surface area (Å²) >= 11 is 2.66. The third kappa shape index (κ3) is 18.7. The van der Waals surface area contributed by atoms with Crippen LogP contribution in [-0.4, -0.2) is 63.1 Å². The fraction of sp³-hybridized carbons (Fsp3) is 0.562. The molecule has 8 heterocycles. The van der Waals surface area contributed by atoms with Crippen molar-refractivity contribution in [1.29, 1.82) is 0 Å². The molecule has 0 aromatic carbocycles. The molecule has 280 valence electrons. The molecular formula is C32H40F6N4O4S2Yb.